The highest BCUT2D eigenvalue weighted by molar-refractivity contribution is 7.19. The third kappa shape index (κ3) is 4.00. The van der Waals surface area contributed by atoms with Crippen molar-refractivity contribution < 1.29 is 23.1 Å². The quantitative estimate of drug-likeness (QED) is 0.429. The van der Waals surface area contributed by atoms with E-state index >= 15 is 0 Å². The molecule has 3 nitrogen and oxygen atoms in total. The van der Waals surface area contributed by atoms with Crippen LogP contribution in [0.5, 0.6) is 0 Å². The summed E-state index contributed by atoms with van der Waals surface area (Å²) in [4.78, 5) is 15.8. The number of nitrogens with zero attached hydrogens (tertiary/aromatic N) is 1. The molecular weight excluding hydrogens is 399 g/mol. The highest BCUT2D eigenvalue weighted by Gasteiger charge is 2.30. The predicted octanol–water partition coefficient (Wildman–Crippen LogP) is 6.27. The van der Waals surface area contributed by atoms with E-state index < -0.39 is 17.7 Å². The molecule has 0 unspecified atom stereocenters. The molecule has 7 heteroatoms. The van der Waals surface area contributed by atoms with E-state index in [0.29, 0.717) is 10.6 Å². The van der Waals surface area contributed by atoms with Crippen LogP contribution < -0.4 is 0 Å². The van der Waals surface area contributed by atoms with Gasteiger partial charge in [-0.25, -0.2) is 9.78 Å². The van der Waals surface area contributed by atoms with Gasteiger partial charge in [-0.1, -0.05) is 42.5 Å². The first-order valence-corrected chi connectivity index (χ1v) is 9.51. The van der Waals surface area contributed by atoms with Gasteiger partial charge in [0.2, 0.25) is 0 Å². The van der Waals surface area contributed by atoms with Crippen molar-refractivity contribution in [1.29, 1.82) is 0 Å². The van der Waals surface area contributed by atoms with Crippen molar-refractivity contribution in [3.8, 4) is 11.1 Å². The molecule has 1 N–H and O–H groups in total. The monoisotopic (exact) mass is 413 g/mol. The molecule has 146 valence electrons. The summed E-state index contributed by atoms with van der Waals surface area (Å²) in [7, 11) is 0. The number of carboxylic acid groups (broad SMARTS) is 1. The lowest BCUT2D eigenvalue weighted by Gasteiger charge is -2.07. The molecule has 0 radical (unpaired) electrons. The van der Waals surface area contributed by atoms with Crippen LogP contribution in [0.25, 0.3) is 21.3 Å². The minimum Gasteiger partial charge on any atom is -0.478 e. The number of alkyl halides is 3. The van der Waals surface area contributed by atoms with Gasteiger partial charge >= 0.3 is 12.1 Å². The topological polar surface area (TPSA) is 50.2 Å². The Morgan fingerprint density at radius 1 is 1.00 bits per heavy atom. The van der Waals surface area contributed by atoms with Gasteiger partial charge in [0, 0.05) is 12.0 Å². The summed E-state index contributed by atoms with van der Waals surface area (Å²) >= 11 is 1.40. The van der Waals surface area contributed by atoms with Crippen LogP contribution in [0.3, 0.4) is 0 Å². The summed E-state index contributed by atoms with van der Waals surface area (Å²) in [6, 6.07) is 17.4. The van der Waals surface area contributed by atoms with Crippen molar-refractivity contribution in [2.24, 2.45) is 0 Å². The zero-order valence-corrected chi connectivity index (χ0v) is 15.7. The molecule has 0 atom stereocenters. The molecular formula is C22H14F3NO2S. The molecule has 0 aliphatic heterocycles. The van der Waals surface area contributed by atoms with Crippen LogP contribution >= 0.6 is 11.3 Å². The summed E-state index contributed by atoms with van der Waals surface area (Å²) in [5.74, 6) is -1.01. The average molecular weight is 413 g/mol. The van der Waals surface area contributed by atoms with Crippen molar-refractivity contribution in [1.82, 2.24) is 4.98 Å². The van der Waals surface area contributed by atoms with Crippen LogP contribution in [0.4, 0.5) is 13.2 Å². The molecule has 0 saturated heterocycles. The van der Waals surface area contributed by atoms with Gasteiger partial charge in [0.05, 0.1) is 26.4 Å². The van der Waals surface area contributed by atoms with Gasteiger partial charge in [0.1, 0.15) is 0 Å². The van der Waals surface area contributed by atoms with Crippen molar-refractivity contribution in [2.75, 3.05) is 0 Å². The number of aromatic carboxylic acids is 1. The highest BCUT2D eigenvalue weighted by atomic mass is 32.1. The second-order valence-electron chi connectivity index (χ2n) is 6.52. The molecule has 0 fully saturated rings. The zero-order valence-electron chi connectivity index (χ0n) is 14.9. The Bertz CT molecular complexity index is 1210. The van der Waals surface area contributed by atoms with Crippen LogP contribution in [-0.2, 0) is 12.6 Å². The van der Waals surface area contributed by atoms with E-state index in [1.165, 1.54) is 23.5 Å². The average Bonchev–Trinajstić information content (AvgIpc) is 3.10. The summed E-state index contributed by atoms with van der Waals surface area (Å²) in [5.41, 5.74) is 2.38. The fourth-order valence-electron chi connectivity index (χ4n) is 3.15. The van der Waals surface area contributed by atoms with Gasteiger partial charge < -0.3 is 5.11 Å². The molecule has 3 aromatic carbocycles. The van der Waals surface area contributed by atoms with Gasteiger partial charge in [-0.05, 0) is 35.4 Å². The summed E-state index contributed by atoms with van der Waals surface area (Å²) in [5, 5.41) is 9.92. The number of halogens is 3. The molecule has 1 aromatic heterocycles. The first-order valence-electron chi connectivity index (χ1n) is 8.69. The third-order valence-electron chi connectivity index (χ3n) is 4.49. The van der Waals surface area contributed by atoms with E-state index in [4.69, 9.17) is 0 Å². The molecule has 0 aliphatic rings. The lowest BCUT2D eigenvalue weighted by Crippen LogP contribution is -2.05. The van der Waals surface area contributed by atoms with Gasteiger partial charge in [-0.15, -0.1) is 11.3 Å². The van der Waals surface area contributed by atoms with E-state index in [9.17, 15) is 23.1 Å². The van der Waals surface area contributed by atoms with Crippen molar-refractivity contribution in [3.05, 3.63) is 88.4 Å². The maximum atomic E-state index is 12.9. The minimum absolute atomic E-state index is 0.188. The van der Waals surface area contributed by atoms with Crippen LogP contribution in [0.1, 0.15) is 26.5 Å². The normalized spacial score (nSPS) is 11.7. The molecule has 0 spiro atoms. The fraction of sp³-hybridized carbons (Fsp3) is 0.0909. The lowest BCUT2D eigenvalue weighted by molar-refractivity contribution is -0.137. The van der Waals surface area contributed by atoms with E-state index in [2.05, 4.69) is 4.98 Å². The Labute approximate surface area is 168 Å². The highest BCUT2D eigenvalue weighted by Crippen LogP contribution is 2.35. The van der Waals surface area contributed by atoms with E-state index in [0.717, 1.165) is 33.5 Å². The maximum Gasteiger partial charge on any atom is 0.416 e. The number of carboxylic acids is 1. The Balaban J connectivity index is 1.72. The summed E-state index contributed by atoms with van der Waals surface area (Å²) < 4.78 is 39.7. The first kappa shape index (κ1) is 19.1. The maximum absolute atomic E-state index is 12.9. The molecule has 4 aromatic rings. The molecule has 0 amide bonds. The number of hydrogen-bond acceptors (Lipinski definition) is 3. The first-order chi connectivity index (χ1) is 13.8. The van der Waals surface area contributed by atoms with E-state index in [1.54, 1.807) is 18.2 Å². The number of aromatic nitrogens is 1. The SMILES string of the molecule is O=C(O)c1cccc(-c2cccc3nc(Cc4cccc(C(F)(F)F)c4)sc23)c1. The molecule has 0 saturated carbocycles. The standard InChI is InChI=1S/C22H14F3NO2S/c23-22(24,25)16-7-1-4-13(10-16)11-19-26-18-9-3-8-17(20(18)29-19)14-5-2-6-15(12-14)21(27)28/h1-10,12H,11H2,(H,27,28). The number of benzene rings is 3. The van der Waals surface area contributed by atoms with E-state index in [-0.39, 0.29) is 12.0 Å². The number of rotatable bonds is 4. The third-order valence-corrected chi connectivity index (χ3v) is 5.59. The molecule has 0 bridgehead atoms. The minimum atomic E-state index is -4.38. The van der Waals surface area contributed by atoms with Crippen molar-refractivity contribution in [2.45, 2.75) is 12.6 Å². The Morgan fingerprint density at radius 3 is 2.52 bits per heavy atom. The molecule has 1 heterocycles. The molecule has 29 heavy (non-hydrogen) atoms. The van der Waals surface area contributed by atoms with Gasteiger partial charge in [-0.3, -0.25) is 0 Å². The lowest BCUT2D eigenvalue weighted by atomic mass is 10.0. The predicted molar refractivity (Wildman–Crippen MR) is 106 cm³/mol. The van der Waals surface area contributed by atoms with E-state index in [1.807, 2.05) is 24.3 Å². The smallest absolute Gasteiger partial charge is 0.416 e. The largest absolute Gasteiger partial charge is 0.478 e. The molecule has 0 aliphatic carbocycles. The van der Waals surface area contributed by atoms with Crippen molar-refractivity contribution >= 4 is 27.5 Å². The van der Waals surface area contributed by atoms with Crippen molar-refractivity contribution in [3.63, 3.8) is 0 Å². The molecule has 4 rings (SSSR count). The summed E-state index contributed by atoms with van der Waals surface area (Å²) in [6.07, 6.45) is -4.09. The Morgan fingerprint density at radius 2 is 1.76 bits per heavy atom. The fourth-order valence-corrected chi connectivity index (χ4v) is 4.28. The van der Waals surface area contributed by atoms with Gasteiger partial charge in [0.25, 0.3) is 0 Å². The Kier molecular flexibility index (Phi) is 4.84. The van der Waals surface area contributed by atoms with Crippen LogP contribution in [0.2, 0.25) is 0 Å². The number of fused-ring (bicyclic) bond motifs is 1. The van der Waals surface area contributed by atoms with Crippen LogP contribution in [-0.4, -0.2) is 16.1 Å². The second kappa shape index (κ2) is 7.33. The van der Waals surface area contributed by atoms with Gasteiger partial charge in [0.15, 0.2) is 0 Å². The van der Waals surface area contributed by atoms with Gasteiger partial charge in [-0.2, -0.15) is 13.2 Å². The zero-order chi connectivity index (χ0) is 20.6. The van der Waals surface area contributed by atoms with Crippen LogP contribution in [0, 0.1) is 0 Å². The number of hydrogen-bond donors (Lipinski definition) is 1. The number of thiazole rings is 1. The second-order valence-corrected chi connectivity index (χ2v) is 7.61. The summed E-state index contributed by atoms with van der Waals surface area (Å²) in [6.45, 7) is 0. The Hall–Kier alpha value is -3.19. The number of carbonyl (C=O) groups is 1. The van der Waals surface area contributed by atoms with Crippen LogP contribution in [0.15, 0.2) is 66.7 Å².